The molecule has 162 valence electrons. The maximum atomic E-state index is 12.4. The number of hydrogen-bond donors (Lipinski definition) is 0. The average molecular weight is 439 g/mol. The van der Waals surface area contributed by atoms with Gasteiger partial charge in [-0.1, -0.05) is 30.7 Å². The van der Waals surface area contributed by atoms with Crippen molar-refractivity contribution >= 4 is 23.1 Å². The lowest BCUT2D eigenvalue weighted by molar-refractivity contribution is -0.117. The highest BCUT2D eigenvalue weighted by Crippen LogP contribution is 2.35. The predicted octanol–water partition coefficient (Wildman–Crippen LogP) is 5.12. The molecule has 8 heteroatoms. The van der Waals surface area contributed by atoms with Crippen LogP contribution in [-0.4, -0.2) is 43.0 Å². The van der Waals surface area contributed by atoms with Gasteiger partial charge in [0.1, 0.15) is 22.7 Å². The standard InChI is InChI=1S/C22H25ClF2N2O3/c1-14(11-15(2)28)16-3-5-17(6-4-16)30-18-8-10-27(12-18)19-7-9-26-22(21(19)23)29-13-20(24)25/h3-7,9,14,18,20H,8,10-13H2,1-2H3/t14-,18-/m1/s1. The average Bonchev–Trinajstić information content (AvgIpc) is 3.15. The van der Waals surface area contributed by atoms with Crippen LogP contribution in [-0.2, 0) is 4.79 Å². The van der Waals surface area contributed by atoms with Crippen LogP contribution < -0.4 is 14.4 Å². The molecule has 30 heavy (non-hydrogen) atoms. The van der Waals surface area contributed by atoms with Crippen LogP contribution in [0, 0.1) is 0 Å². The van der Waals surface area contributed by atoms with Gasteiger partial charge in [0.2, 0.25) is 5.88 Å². The molecular weight excluding hydrogens is 414 g/mol. The van der Waals surface area contributed by atoms with Gasteiger partial charge < -0.3 is 19.2 Å². The summed E-state index contributed by atoms with van der Waals surface area (Å²) in [5, 5.41) is 0.225. The highest BCUT2D eigenvalue weighted by molar-refractivity contribution is 6.34. The molecule has 1 saturated heterocycles. The SMILES string of the molecule is CC(=O)C[C@@H](C)c1ccc(O[C@@H]2CCN(c3ccnc(OCC(F)F)c3Cl)C2)cc1. The molecule has 0 spiro atoms. The molecule has 3 rings (SSSR count). The first-order valence-electron chi connectivity index (χ1n) is 9.90. The van der Waals surface area contributed by atoms with Gasteiger partial charge in [0.25, 0.3) is 6.43 Å². The molecule has 1 fully saturated rings. The Morgan fingerprint density at radius 2 is 2.03 bits per heavy atom. The van der Waals surface area contributed by atoms with Crippen LogP contribution in [0.4, 0.5) is 14.5 Å². The van der Waals surface area contributed by atoms with E-state index in [1.54, 1.807) is 13.0 Å². The van der Waals surface area contributed by atoms with E-state index in [4.69, 9.17) is 21.1 Å². The maximum Gasteiger partial charge on any atom is 0.272 e. The van der Waals surface area contributed by atoms with Crippen LogP contribution in [0.15, 0.2) is 36.5 Å². The van der Waals surface area contributed by atoms with Crippen LogP contribution in [0.3, 0.4) is 0 Å². The van der Waals surface area contributed by atoms with Crippen LogP contribution in [0.2, 0.25) is 5.02 Å². The number of carbonyl (C=O) groups is 1. The molecule has 0 amide bonds. The van der Waals surface area contributed by atoms with E-state index in [0.29, 0.717) is 18.7 Å². The second-order valence-corrected chi connectivity index (χ2v) is 7.88. The number of carbonyl (C=O) groups excluding carboxylic acids is 1. The predicted molar refractivity (Wildman–Crippen MR) is 112 cm³/mol. The molecule has 1 aromatic carbocycles. The first-order chi connectivity index (χ1) is 14.3. The Bertz CT molecular complexity index is 864. The van der Waals surface area contributed by atoms with Gasteiger partial charge in [-0.25, -0.2) is 13.8 Å². The fourth-order valence-electron chi connectivity index (χ4n) is 3.56. The zero-order valence-corrected chi connectivity index (χ0v) is 17.7. The lowest BCUT2D eigenvalue weighted by atomic mass is 9.96. The van der Waals surface area contributed by atoms with Crippen molar-refractivity contribution in [3.63, 3.8) is 0 Å². The van der Waals surface area contributed by atoms with E-state index in [1.807, 2.05) is 36.1 Å². The molecule has 0 radical (unpaired) electrons. The molecule has 2 aromatic rings. The zero-order chi connectivity index (χ0) is 21.7. The highest BCUT2D eigenvalue weighted by Gasteiger charge is 2.27. The van der Waals surface area contributed by atoms with Crippen LogP contribution >= 0.6 is 11.6 Å². The number of Topliss-reactive ketones (excluding diaryl/α,β-unsaturated/α-hetero) is 1. The van der Waals surface area contributed by atoms with E-state index in [9.17, 15) is 13.6 Å². The van der Waals surface area contributed by atoms with E-state index in [1.165, 1.54) is 6.20 Å². The lowest BCUT2D eigenvalue weighted by Crippen LogP contribution is -2.25. The molecule has 5 nitrogen and oxygen atoms in total. The monoisotopic (exact) mass is 438 g/mol. The number of benzene rings is 1. The summed E-state index contributed by atoms with van der Waals surface area (Å²) in [5.41, 5.74) is 1.79. The first kappa shape index (κ1) is 22.3. The molecule has 1 aromatic heterocycles. The Morgan fingerprint density at radius 3 is 2.70 bits per heavy atom. The summed E-state index contributed by atoms with van der Waals surface area (Å²) in [5.74, 6) is 1.12. The smallest absolute Gasteiger partial charge is 0.272 e. The zero-order valence-electron chi connectivity index (χ0n) is 17.0. The molecule has 0 aliphatic carbocycles. The number of anilines is 1. The first-order valence-corrected chi connectivity index (χ1v) is 10.3. The number of halogens is 3. The Labute approximate surface area is 179 Å². The molecule has 0 N–H and O–H groups in total. The van der Waals surface area contributed by atoms with Crippen molar-refractivity contribution in [1.29, 1.82) is 0 Å². The van der Waals surface area contributed by atoms with Crippen molar-refractivity contribution in [2.24, 2.45) is 0 Å². The number of aromatic nitrogens is 1. The Kier molecular flexibility index (Phi) is 7.48. The third-order valence-corrected chi connectivity index (χ3v) is 5.37. The van der Waals surface area contributed by atoms with Gasteiger partial charge >= 0.3 is 0 Å². The van der Waals surface area contributed by atoms with Gasteiger partial charge in [0, 0.05) is 25.6 Å². The number of ketones is 1. The van der Waals surface area contributed by atoms with Crippen LogP contribution in [0.1, 0.15) is 38.2 Å². The second-order valence-electron chi connectivity index (χ2n) is 7.50. The Morgan fingerprint density at radius 1 is 1.30 bits per heavy atom. The van der Waals surface area contributed by atoms with E-state index in [0.717, 1.165) is 24.3 Å². The van der Waals surface area contributed by atoms with Gasteiger partial charge in [-0.05, 0) is 36.6 Å². The number of rotatable bonds is 9. The molecule has 0 saturated carbocycles. The summed E-state index contributed by atoms with van der Waals surface area (Å²) < 4.78 is 35.9. The third-order valence-electron chi connectivity index (χ3n) is 5.01. The fourth-order valence-corrected chi connectivity index (χ4v) is 3.85. The number of pyridine rings is 1. The van der Waals surface area contributed by atoms with Gasteiger partial charge in [-0.2, -0.15) is 0 Å². The van der Waals surface area contributed by atoms with Crippen LogP contribution in [0.5, 0.6) is 11.6 Å². The number of alkyl halides is 2. The van der Waals surface area contributed by atoms with Crippen molar-refractivity contribution in [3.05, 3.63) is 47.1 Å². The number of ether oxygens (including phenoxy) is 2. The van der Waals surface area contributed by atoms with Gasteiger partial charge in [-0.15, -0.1) is 0 Å². The number of nitrogens with zero attached hydrogens (tertiary/aromatic N) is 2. The summed E-state index contributed by atoms with van der Waals surface area (Å²) in [6.45, 7) is 4.21. The summed E-state index contributed by atoms with van der Waals surface area (Å²) in [6.07, 6.45) is 0.201. The normalized spacial score (nSPS) is 17.3. The Hall–Kier alpha value is -2.41. The summed E-state index contributed by atoms with van der Waals surface area (Å²) in [6, 6.07) is 9.56. The van der Waals surface area contributed by atoms with Crippen molar-refractivity contribution in [3.8, 4) is 11.6 Å². The molecule has 0 bridgehead atoms. The van der Waals surface area contributed by atoms with Crippen molar-refractivity contribution < 1.29 is 23.0 Å². The molecular formula is C22H25ClF2N2O3. The second kappa shape index (κ2) is 10.1. The van der Waals surface area contributed by atoms with E-state index < -0.39 is 13.0 Å². The summed E-state index contributed by atoms with van der Waals surface area (Å²) in [7, 11) is 0. The maximum absolute atomic E-state index is 12.4. The molecule has 0 unspecified atom stereocenters. The minimum Gasteiger partial charge on any atom is -0.489 e. The summed E-state index contributed by atoms with van der Waals surface area (Å²) >= 11 is 6.32. The minimum absolute atomic E-state index is 0.00843. The van der Waals surface area contributed by atoms with E-state index in [2.05, 4.69) is 4.98 Å². The van der Waals surface area contributed by atoms with Crippen LogP contribution in [0.25, 0.3) is 0 Å². The largest absolute Gasteiger partial charge is 0.489 e. The van der Waals surface area contributed by atoms with Gasteiger partial charge in [0.05, 0.1) is 12.2 Å². The minimum atomic E-state index is -2.59. The van der Waals surface area contributed by atoms with Crippen molar-refractivity contribution in [1.82, 2.24) is 4.98 Å². The number of hydrogen-bond acceptors (Lipinski definition) is 5. The van der Waals surface area contributed by atoms with Crippen molar-refractivity contribution in [2.45, 2.75) is 45.1 Å². The highest BCUT2D eigenvalue weighted by atomic mass is 35.5. The van der Waals surface area contributed by atoms with E-state index >= 15 is 0 Å². The van der Waals surface area contributed by atoms with Gasteiger partial charge in [-0.3, -0.25) is 0 Å². The molecule has 2 heterocycles. The van der Waals surface area contributed by atoms with Crippen molar-refractivity contribution in [2.75, 3.05) is 24.6 Å². The fraction of sp³-hybridized carbons (Fsp3) is 0.455. The van der Waals surface area contributed by atoms with E-state index in [-0.39, 0.29) is 28.7 Å². The molecule has 1 aliphatic heterocycles. The topological polar surface area (TPSA) is 51.7 Å². The van der Waals surface area contributed by atoms with Gasteiger partial charge in [0.15, 0.2) is 6.61 Å². The quantitative estimate of drug-likeness (QED) is 0.544. The lowest BCUT2D eigenvalue weighted by Gasteiger charge is -2.21. The third kappa shape index (κ3) is 5.81. The summed E-state index contributed by atoms with van der Waals surface area (Å²) in [4.78, 5) is 17.3. The molecule has 2 atom stereocenters. The molecule has 1 aliphatic rings. The Balaban J connectivity index is 1.59.